The molecule has 1 saturated heterocycles. The van der Waals surface area contributed by atoms with Gasteiger partial charge in [0.05, 0.1) is 19.3 Å². The summed E-state index contributed by atoms with van der Waals surface area (Å²) in [5, 5.41) is 10.2. The fourth-order valence-corrected chi connectivity index (χ4v) is 3.53. The molecule has 8 nitrogen and oxygen atoms in total. The zero-order valence-corrected chi connectivity index (χ0v) is 15.7. The van der Waals surface area contributed by atoms with E-state index in [1.54, 1.807) is 7.11 Å². The number of β-amino-alcohol motifs (C(OH)–C–C–N with tert-alkyl or cyclic N) is 1. The third-order valence-corrected chi connectivity index (χ3v) is 5.74. The third-order valence-electron chi connectivity index (χ3n) is 4.18. The molecule has 0 amide bonds. The van der Waals surface area contributed by atoms with Crippen molar-refractivity contribution in [2.75, 3.05) is 47.4 Å². The standard InChI is InChI=1S/C16H27N3O5S/c1-18(2)25(21,22)17-13-8-9-19(12-14(13)20)10-11-24-16-7-5-4-6-15(16)23-3/h4-7,13-14,17,20H,8-12H2,1-3H3/t13-,14-/m1/s1. The molecule has 0 bridgehead atoms. The summed E-state index contributed by atoms with van der Waals surface area (Å²) in [5.74, 6) is 1.36. The Morgan fingerprint density at radius 1 is 1.32 bits per heavy atom. The van der Waals surface area contributed by atoms with Crippen molar-refractivity contribution in [1.82, 2.24) is 13.9 Å². The van der Waals surface area contributed by atoms with Gasteiger partial charge in [-0.15, -0.1) is 0 Å². The predicted molar refractivity (Wildman–Crippen MR) is 95.1 cm³/mol. The Bertz CT molecular complexity index is 653. The van der Waals surface area contributed by atoms with Crippen molar-refractivity contribution in [3.8, 4) is 11.5 Å². The molecule has 0 unspecified atom stereocenters. The summed E-state index contributed by atoms with van der Waals surface area (Å²) in [4.78, 5) is 2.06. The molecule has 2 rings (SSSR count). The Balaban J connectivity index is 1.79. The van der Waals surface area contributed by atoms with Crippen molar-refractivity contribution >= 4 is 10.2 Å². The summed E-state index contributed by atoms with van der Waals surface area (Å²) in [6.07, 6.45) is -0.210. The topological polar surface area (TPSA) is 91.3 Å². The maximum Gasteiger partial charge on any atom is 0.279 e. The molecule has 2 N–H and O–H groups in total. The smallest absolute Gasteiger partial charge is 0.279 e. The van der Waals surface area contributed by atoms with E-state index < -0.39 is 22.4 Å². The molecule has 1 aromatic carbocycles. The lowest BCUT2D eigenvalue weighted by Gasteiger charge is -2.36. The quantitative estimate of drug-likeness (QED) is 0.662. The van der Waals surface area contributed by atoms with Crippen molar-refractivity contribution in [2.24, 2.45) is 0 Å². The summed E-state index contributed by atoms with van der Waals surface area (Å²) in [5.41, 5.74) is 0. The number of nitrogens with zero attached hydrogens (tertiary/aromatic N) is 2. The van der Waals surface area contributed by atoms with Crippen molar-refractivity contribution in [3.05, 3.63) is 24.3 Å². The Morgan fingerprint density at radius 2 is 2.00 bits per heavy atom. The number of hydrogen-bond donors (Lipinski definition) is 2. The minimum Gasteiger partial charge on any atom is -0.493 e. The molecule has 25 heavy (non-hydrogen) atoms. The van der Waals surface area contributed by atoms with E-state index in [9.17, 15) is 13.5 Å². The molecule has 1 aliphatic rings. The van der Waals surface area contributed by atoms with Gasteiger partial charge in [0.25, 0.3) is 10.2 Å². The Morgan fingerprint density at radius 3 is 2.60 bits per heavy atom. The van der Waals surface area contributed by atoms with Gasteiger partial charge in [-0.3, -0.25) is 4.90 Å². The second kappa shape index (κ2) is 8.81. The molecular formula is C16H27N3O5S. The normalized spacial score (nSPS) is 22.1. The molecule has 1 aromatic rings. The first kappa shape index (κ1) is 19.9. The van der Waals surface area contributed by atoms with Crippen LogP contribution in [0.5, 0.6) is 11.5 Å². The number of piperidine rings is 1. The van der Waals surface area contributed by atoms with Gasteiger partial charge in [0, 0.05) is 27.2 Å². The number of likely N-dealkylation sites (tertiary alicyclic amines) is 1. The van der Waals surface area contributed by atoms with Crippen LogP contribution < -0.4 is 14.2 Å². The van der Waals surface area contributed by atoms with Crippen LogP contribution in [0.4, 0.5) is 0 Å². The van der Waals surface area contributed by atoms with Crippen molar-refractivity contribution in [1.29, 1.82) is 0 Å². The number of para-hydroxylation sites is 2. The lowest BCUT2D eigenvalue weighted by atomic mass is 10.0. The van der Waals surface area contributed by atoms with Crippen molar-refractivity contribution < 1.29 is 23.0 Å². The summed E-state index contributed by atoms with van der Waals surface area (Å²) < 4.78 is 38.4. The van der Waals surface area contributed by atoms with Gasteiger partial charge in [-0.1, -0.05) is 12.1 Å². The molecule has 1 aliphatic heterocycles. The highest BCUT2D eigenvalue weighted by atomic mass is 32.2. The van der Waals surface area contributed by atoms with E-state index in [0.717, 1.165) is 4.31 Å². The van der Waals surface area contributed by atoms with Gasteiger partial charge in [-0.2, -0.15) is 17.4 Å². The van der Waals surface area contributed by atoms with Crippen LogP contribution in [0.1, 0.15) is 6.42 Å². The second-order valence-corrected chi connectivity index (χ2v) is 8.08. The molecule has 1 fully saturated rings. The van der Waals surface area contributed by atoms with Crippen molar-refractivity contribution in [2.45, 2.75) is 18.6 Å². The molecule has 142 valence electrons. The second-order valence-electron chi connectivity index (χ2n) is 6.17. The molecule has 1 heterocycles. The molecule has 0 radical (unpaired) electrons. The zero-order chi connectivity index (χ0) is 18.4. The molecule has 0 aromatic heterocycles. The first-order valence-corrected chi connectivity index (χ1v) is 9.63. The van der Waals surface area contributed by atoms with Crippen molar-refractivity contribution in [3.63, 3.8) is 0 Å². The molecule has 0 aliphatic carbocycles. The monoisotopic (exact) mass is 373 g/mol. The van der Waals surface area contributed by atoms with E-state index in [1.807, 2.05) is 24.3 Å². The van der Waals surface area contributed by atoms with Gasteiger partial charge in [0.15, 0.2) is 11.5 Å². The third kappa shape index (κ3) is 5.55. The minimum atomic E-state index is -3.54. The van der Waals surface area contributed by atoms with Crippen LogP contribution in [-0.4, -0.2) is 82.3 Å². The SMILES string of the molecule is COc1ccccc1OCCN1CC[C@@H](NS(=O)(=O)N(C)C)[C@H](O)C1. The Labute approximate surface area is 149 Å². The van der Waals surface area contributed by atoms with Gasteiger partial charge in [0.2, 0.25) is 0 Å². The number of rotatable bonds is 8. The molecule has 0 saturated carbocycles. The number of benzene rings is 1. The van der Waals surface area contributed by atoms with Gasteiger partial charge in [-0.25, -0.2) is 0 Å². The van der Waals surface area contributed by atoms with Gasteiger partial charge in [0.1, 0.15) is 6.61 Å². The van der Waals surface area contributed by atoms with Gasteiger partial charge >= 0.3 is 0 Å². The maximum absolute atomic E-state index is 11.9. The van der Waals surface area contributed by atoms with Gasteiger partial charge in [-0.05, 0) is 25.1 Å². The van der Waals surface area contributed by atoms with E-state index >= 15 is 0 Å². The molecule has 2 atom stereocenters. The first-order valence-electron chi connectivity index (χ1n) is 8.19. The fraction of sp³-hybridized carbons (Fsp3) is 0.625. The highest BCUT2D eigenvalue weighted by Gasteiger charge is 2.31. The number of aliphatic hydroxyl groups is 1. The van der Waals surface area contributed by atoms with Crippen LogP contribution >= 0.6 is 0 Å². The number of ether oxygens (including phenoxy) is 2. The maximum atomic E-state index is 11.9. The Hall–Kier alpha value is -1.39. The van der Waals surface area contributed by atoms with E-state index in [-0.39, 0.29) is 0 Å². The Kier molecular flexibility index (Phi) is 7.03. The minimum absolute atomic E-state index is 0.399. The summed E-state index contributed by atoms with van der Waals surface area (Å²) >= 11 is 0. The largest absolute Gasteiger partial charge is 0.493 e. The van der Waals surface area contributed by atoms with Crippen LogP contribution in [0.25, 0.3) is 0 Å². The van der Waals surface area contributed by atoms with E-state index in [4.69, 9.17) is 9.47 Å². The molecular weight excluding hydrogens is 346 g/mol. The lowest BCUT2D eigenvalue weighted by molar-refractivity contribution is 0.0417. The van der Waals surface area contributed by atoms with E-state index in [0.29, 0.717) is 44.2 Å². The number of nitrogens with one attached hydrogen (secondary N) is 1. The van der Waals surface area contributed by atoms with Crippen LogP contribution in [0.15, 0.2) is 24.3 Å². The van der Waals surface area contributed by atoms with Crippen LogP contribution in [0, 0.1) is 0 Å². The number of aliphatic hydroxyl groups excluding tert-OH is 1. The highest BCUT2D eigenvalue weighted by molar-refractivity contribution is 7.87. The van der Waals surface area contributed by atoms with Gasteiger partial charge < -0.3 is 14.6 Å². The average molecular weight is 373 g/mol. The summed E-state index contributed by atoms with van der Waals surface area (Å²) in [7, 11) is 0.967. The predicted octanol–water partition coefficient (Wildman–Crippen LogP) is -0.0948. The van der Waals surface area contributed by atoms with Crippen LogP contribution in [0.2, 0.25) is 0 Å². The number of methoxy groups -OCH3 is 1. The molecule has 0 spiro atoms. The molecule has 9 heteroatoms. The summed E-state index contributed by atoms with van der Waals surface area (Å²) in [6.45, 7) is 2.19. The lowest BCUT2D eigenvalue weighted by Crippen LogP contribution is -2.56. The van der Waals surface area contributed by atoms with E-state index in [2.05, 4.69) is 9.62 Å². The summed E-state index contributed by atoms with van der Waals surface area (Å²) in [6, 6.07) is 6.96. The fourth-order valence-electron chi connectivity index (χ4n) is 2.66. The first-order chi connectivity index (χ1) is 11.8. The van der Waals surface area contributed by atoms with Crippen LogP contribution in [-0.2, 0) is 10.2 Å². The average Bonchev–Trinajstić information content (AvgIpc) is 2.57. The van der Waals surface area contributed by atoms with E-state index in [1.165, 1.54) is 14.1 Å². The highest BCUT2D eigenvalue weighted by Crippen LogP contribution is 2.25. The number of hydrogen-bond acceptors (Lipinski definition) is 6. The zero-order valence-electron chi connectivity index (χ0n) is 14.9. The van der Waals surface area contributed by atoms with Crippen LogP contribution in [0.3, 0.4) is 0 Å².